The van der Waals surface area contributed by atoms with Crippen LogP contribution in [0.25, 0.3) is 55.7 Å². The highest BCUT2D eigenvalue weighted by Gasteiger charge is 2.27. The number of fused-ring (bicyclic) bond motifs is 4. The van der Waals surface area contributed by atoms with Gasteiger partial charge >= 0.3 is 0 Å². The average molecular weight is 476 g/mol. The van der Waals surface area contributed by atoms with Gasteiger partial charge in [-0.3, -0.25) is 4.98 Å². The minimum Gasteiger partial charge on any atom is -0.457 e. The van der Waals surface area contributed by atoms with Crippen molar-refractivity contribution >= 4 is 38.9 Å². The summed E-state index contributed by atoms with van der Waals surface area (Å²) in [6.07, 6.45) is 9.48. The minimum absolute atomic E-state index is 0.554. The molecule has 0 spiro atoms. The second kappa shape index (κ2) is 7.73. The number of pyridine rings is 2. The molecule has 36 heavy (non-hydrogen) atoms. The van der Waals surface area contributed by atoms with E-state index in [1.807, 2.05) is 36.8 Å². The molecule has 1 aliphatic heterocycles. The van der Waals surface area contributed by atoms with E-state index in [1.165, 1.54) is 30.2 Å². The fourth-order valence-corrected chi connectivity index (χ4v) is 5.71. The van der Waals surface area contributed by atoms with Crippen LogP contribution >= 0.6 is 0 Å². The van der Waals surface area contributed by atoms with Gasteiger partial charge in [-0.25, -0.2) is 15.0 Å². The summed E-state index contributed by atoms with van der Waals surface area (Å²) in [7, 11) is 0. The molecular weight excluding hydrogens is 450 g/mol. The topological polar surface area (TPSA) is 95.8 Å². The average Bonchev–Trinajstić information content (AvgIpc) is 3.63. The molecule has 7 heterocycles. The lowest BCUT2D eigenvalue weighted by molar-refractivity contribution is 0.421. The summed E-state index contributed by atoms with van der Waals surface area (Å²) in [5, 5.41) is 5.64. The van der Waals surface area contributed by atoms with Crippen LogP contribution in [0.3, 0.4) is 0 Å². The van der Waals surface area contributed by atoms with Gasteiger partial charge in [0.25, 0.3) is 0 Å². The third-order valence-electron chi connectivity index (χ3n) is 7.82. The second-order valence-corrected chi connectivity index (χ2v) is 9.92. The lowest BCUT2D eigenvalue weighted by Gasteiger charge is -2.32. The maximum absolute atomic E-state index is 5.77. The molecule has 1 saturated carbocycles. The number of H-pyrrole nitrogens is 1. The second-order valence-electron chi connectivity index (χ2n) is 9.92. The molecule has 0 unspecified atom stereocenters. The molecule has 2 N–H and O–H groups in total. The van der Waals surface area contributed by atoms with Crippen LogP contribution in [-0.2, 0) is 0 Å². The van der Waals surface area contributed by atoms with Gasteiger partial charge in [-0.05, 0) is 54.7 Å². The number of hydrogen-bond acceptors (Lipinski definition) is 7. The van der Waals surface area contributed by atoms with Gasteiger partial charge in [-0.15, -0.1) is 0 Å². The zero-order valence-electron chi connectivity index (χ0n) is 19.8. The summed E-state index contributed by atoms with van der Waals surface area (Å²) >= 11 is 0. The smallest absolute Gasteiger partial charge is 0.163 e. The molecule has 0 atom stereocenters. The van der Waals surface area contributed by atoms with Crippen LogP contribution in [0.1, 0.15) is 30.7 Å². The van der Waals surface area contributed by atoms with Gasteiger partial charge in [0.2, 0.25) is 0 Å². The van der Waals surface area contributed by atoms with E-state index in [9.17, 15) is 0 Å². The number of anilines is 1. The number of nitrogens with one attached hydrogen (secondary N) is 2. The highest BCUT2D eigenvalue weighted by Crippen LogP contribution is 2.42. The van der Waals surface area contributed by atoms with Crippen molar-refractivity contribution in [3.05, 3.63) is 54.5 Å². The van der Waals surface area contributed by atoms with E-state index in [2.05, 4.69) is 37.3 Å². The van der Waals surface area contributed by atoms with E-state index >= 15 is 0 Å². The number of rotatable bonds is 4. The molecule has 8 nitrogen and oxygen atoms in total. The largest absolute Gasteiger partial charge is 0.457 e. The van der Waals surface area contributed by atoms with Gasteiger partial charge in [-0.2, -0.15) is 0 Å². The van der Waals surface area contributed by atoms with E-state index in [-0.39, 0.29) is 0 Å². The molecule has 1 saturated heterocycles. The van der Waals surface area contributed by atoms with Crippen molar-refractivity contribution in [2.45, 2.75) is 25.2 Å². The van der Waals surface area contributed by atoms with Crippen LogP contribution in [0.4, 0.5) is 5.82 Å². The van der Waals surface area contributed by atoms with Gasteiger partial charge in [0.15, 0.2) is 5.82 Å². The molecule has 178 valence electrons. The number of furan rings is 2. The first-order chi connectivity index (χ1) is 17.8. The Morgan fingerprint density at radius 3 is 2.67 bits per heavy atom. The Labute approximate surface area is 207 Å². The SMILES string of the molecule is c1cc(-c2nc(N3CCNCC3)c3c(C4CCC4)cncc3n2)c2cc(-c3cc4ccc3o4)[nH]c2n1. The number of hydrogen-bond donors (Lipinski definition) is 2. The molecule has 1 aliphatic carbocycles. The molecule has 2 bridgehead atoms. The standard InChI is InChI=1S/C28H25N7O/c1-2-16(3-1)21-14-30-15-23-25(21)28(35-10-8-29-9-11-35)34-27(33-23)18-6-7-31-26-19(18)13-22(32-26)20-12-17-4-5-24(20)36-17/h4-7,12-16,29H,1-3,8-11H2,(H,31,32). The summed E-state index contributed by atoms with van der Waals surface area (Å²) in [5.41, 5.74) is 7.77. The number of nitrogens with zero attached hydrogens (tertiary/aromatic N) is 5. The molecule has 2 aliphatic rings. The Bertz CT molecular complexity index is 1730. The quantitative estimate of drug-likeness (QED) is 0.366. The Morgan fingerprint density at radius 2 is 1.89 bits per heavy atom. The van der Waals surface area contributed by atoms with Crippen molar-refractivity contribution in [3.63, 3.8) is 0 Å². The first kappa shape index (κ1) is 20.2. The fraction of sp³-hybridized carbons (Fsp3) is 0.286. The molecule has 0 amide bonds. The molecule has 6 aromatic rings. The third-order valence-corrected chi connectivity index (χ3v) is 7.82. The zero-order chi connectivity index (χ0) is 23.6. The van der Waals surface area contributed by atoms with Crippen molar-refractivity contribution in [1.29, 1.82) is 0 Å². The minimum atomic E-state index is 0.554. The molecule has 8 heteroatoms. The molecule has 8 rings (SSSR count). The van der Waals surface area contributed by atoms with Crippen LogP contribution in [0.5, 0.6) is 0 Å². The number of aromatic nitrogens is 5. The Hall–Kier alpha value is -4.04. The predicted molar refractivity (Wildman–Crippen MR) is 140 cm³/mol. The molecule has 0 radical (unpaired) electrons. The fourth-order valence-electron chi connectivity index (χ4n) is 5.71. The summed E-state index contributed by atoms with van der Waals surface area (Å²) in [5.74, 6) is 2.29. The summed E-state index contributed by atoms with van der Waals surface area (Å²) in [6.45, 7) is 3.76. The molecular formula is C28H25N7O. The summed E-state index contributed by atoms with van der Waals surface area (Å²) in [4.78, 5) is 25.4. The monoisotopic (exact) mass is 475 g/mol. The summed E-state index contributed by atoms with van der Waals surface area (Å²) in [6, 6.07) is 10.2. The van der Waals surface area contributed by atoms with Crippen molar-refractivity contribution in [3.8, 4) is 22.6 Å². The van der Waals surface area contributed by atoms with Gasteiger partial charge < -0.3 is 19.6 Å². The predicted octanol–water partition coefficient (Wildman–Crippen LogP) is 5.10. The highest BCUT2D eigenvalue weighted by atomic mass is 16.3. The van der Waals surface area contributed by atoms with Crippen LogP contribution < -0.4 is 10.2 Å². The number of benzene rings is 1. The van der Waals surface area contributed by atoms with Crippen molar-refractivity contribution in [2.24, 2.45) is 0 Å². The molecule has 6 aromatic heterocycles. The Kier molecular flexibility index (Phi) is 4.33. The van der Waals surface area contributed by atoms with Crippen molar-refractivity contribution in [1.82, 2.24) is 30.2 Å². The normalized spacial score (nSPS) is 16.9. The van der Waals surface area contributed by atoms with Crippen molar-refractivity contribution < 1.29 is 4.42 Å². The van der Waals surface area contributed by atoms with Gasteiger partial charge in [-0.1, -0.05) is 6.42 Å². The Morgan fingerprint density at radius 1 is 0.972 bits per heavy atom. The zero-order valence-corrected chi connectivity index (χ0v) is 19.8. The third kappa shape index (κ3) is 3.04. The van der Waals surface area contributed by atoms with Crippen LogP contribution in [0.15, 0.2) is 53.3 Å². The first-order valence-electron chi connectivity index (χ1n) is 12.7. The maximum Gasteiger partial charge on any atom is 0.163 e. The van der Waals surface area contributed by atoms with Gasteiger partial charge in [0.05, 0.1) is 17.4 Å². The summed E-state index contributed by atoms with van der Waals surface area (Å²) < 4.78 is 5.77. The Balaban J connectivity index is 1.33. The maximum atomic E-state index is 5.77. The lowest BCUT2D eigenvalue weighted by atomic mass is 9.79. The van der Waals surface area contributed by atoms with E-state index in [0.29, 0.717) is 11.7 Å². The number of piperazine rings is 1. The number of aromatic amines is 1. The van der Waals surface area contributed by atoms with E-state index in [1.54, 1.807) is 0 Å². The lowest BCUT2D eigenvalue weighted by Crippen LogP contribution is -2.44. The highest BCUT2D eigenvalue weighted by molar-refractivity contribution is 5.99. The first-order valence-corrected chi connectivity index (χ1v) is 12.7. The van der Waals surface area contributed by atoms with Crippen LogP contribution in [-0.4, -0.2) is 51.1 Å². The van der Waals surface area contributed by atoms with Crippen LogP contribution in [0.2, 0.25) is 0 Å². The van der Waals surface area contributed by atoms with E-state index < -0.39 is 0 Å². The van der Waals surface area contributed by atoms with Crippen LogP contribution in [0, 0.1) is 0 Å². The molecule has 2 fully saturated rings. The van der Waals surface area contributed by atoms with E-state index in [0.717, 1.165) is 76.5 Å². The van der Waals surface area contributed by atoms with Gasteiger partial charge in [0, 0.05) is 60.5 Å². The van der Waals surface area contributed by atoms with E-state index in [4.69, 9.17) is 14.4 Å². The van der Waals surface area contributed by atoms with Crippen molar-refractivity contribution in [2.75, 3.05) is 31.1 Å². The molecule has 0 aromatic carbocycles. The van der Waals surface area contributed by atoms with Gasteiger partial charge in [0.1, 0.15) is 22.6 Å².